The number of likely N-dealkylation sites (N-methyl/N-ethyl adjacent to an activating group) is 1. The number of rotatable bonds is 6. The molecule has 9 nitrogen and oxygen atoms in total. The van der Waals surface area contributed by atoms with Crippen molar-refractivity contribution < 1.29 is 9.59 Å². The van der Waals surface area contributed by atoms with Crippen LogP contribution in [0.25, 0.3) is 0 Å². The Morgan fingerprint density at radius 2 is 1.87 bits per heavy atom. The van der Waals surface area contributed by atoms with Crippen LogP contribution >= 0.6 is 0 Å². The van der Waals surface area contributed by atoms with E-state index in [0.29, 0.717) is 18.9 Å². The number of nitrogens with one attached hydrogen (secondary N) is 1. The molecule has 1 N–H and O–H groups in total. The van der Waals surface area contributed by atoms with E-state index in [2.05, 4.69) is 27.1 Å². The highest BCUT2D eigenvalue weighted by Crippen LogP contribution is 2.25. The van der Waals surface area contributed by atoms with Crippen molar-refractivity contribution in [1.82, 2.24) is 25.0 Å². The average molecular weight is 428 g/mol. The summed E-state index contributed by atoms with van der Waals surface area (Å²) in [5.74, 6) is 1.40. The van der Waals surface area contributed by atoms with Gasteiger partial charge in [0, 0.05) is 44.5 Å². The number of amidine groups is 1. The monoisotopic (exact) mass is 427 g/mol. The number of hydrogen-bond acceptors (Lipinski definition) is 7. The van der Waals surface area contributed by atoms with Gasteiger partial charge in [0.05, 0.1) is 0 Å². The lowest BCUT2D eigenvalue weighted by molar-refractivity contribution is -0.134. The van der Waals surface area contributed by atoms with Crippen LogP contribution in [0, 0.1) is 0 Å². The van der Waals surface area contributed by atoms with Gasteiger partial charge in [-0.25, -0.2) is 14.8 Å². The zero-order chi connectivity index (χ0) is 22.0. The Morgan fingerprint density at radius 1 is 1.06 bits per heavy atom. The Balaban J connectivity index is 1.53. The molecule has 0 saturated carbocycles. The maximum absolute atomic E-state index is 13.0. The molecule has 4 heterocycles. The predicted molar refractivity (Wildman–Crippen MR) is 120 cm³/mol. The smallest absolute Gasteiger partial charge is 0.328 e. The van der Waals surface area contributed by atoms with Gasteiger partial charge in [-0.1, -0.05) is 13.8 Å². The molecular formula is C22H33N7O2. The number of aliphatic imine (C=N–C) groups is 1. The molecule has 0 bridgehead atoms. The summed E-state index contributed by atoms with van der Waals surface area (Å²) in [6, 6.07) is 3.25. The Bertz CT molecular complexity index is 841. The van der Waals surface area contributed by atoms with E-state index in [1.807, 2.05) is 32.2 Å². The largest absolute Gasteiger partial charge is 0.355 e. The van der Waals surface area contributed by atoms with Crippen molar-refractivity contribution in [2.24, 2.45) is 4.99 Å². The van der Waals surface area contributed by atoms with Gasteiger partial charge < -0.3 is 15.1 Å². The average Bonchev–Trinajstić information content (AvgIpc) is 3.10. The molecule has 3 aliphatic heterocycles. The van der Waals surface area contributed by atoms with Crippen LogP contribution in [0.2, 0.25) is 0 Å². The second kappa shape index (κ2) is 9.21. The minimum Gasteiger partial charge on any atom is -0.355 e. The minimum absolute atomic E-state index is 0.193. The molecule has 0 aliphatic carbocycles. The topological polar surface area (TPSA) is 84.4 Å². The van der Waals surface area contributed by atoms with Gasteiger partial charge in [0.2, 0.25) is 0 Å². The van der Waals surface area contributed by atoms with Gasteiger partial charge in [0.1, 0.15) is 17.7 Å². The second-order valence-electron chi connectivity index (χ2n) is 8.53. The standard InChI is InChI=1S/C22H33N7O2/c1-4-9-28-20-18(21(30)29(10-5-2)22(28)31)24-19(25-20)16-7-8-17(23-15-16)27-12-6-11-26(3)13-14-27/h7-8,15,18,20H,4-6,9-14H2,1-3H3,(H,24,25). The van der Waals surface area contributed by atoms with Crippen molar-refractivity contribution in [3.05, 3.63) is 23.9 Å². The number of carbonyl (C=O) groups is 2. The highest BCUT2D eigenvalue weighted by molar-refractivity contribution is 6.08. The molecule has 2 saturated heterocycles. The van der Waals surface area contributed by atoms with Crippen LogP contribution in [0.1, 0.15) is 38.7 Å². The van der Waals surface area contributed by atoms with Gasteiger partial charge in [0.15, 0.2) is 6.17 Å². The molecule has 0 aromatic carbocycles. The van der Waals surface area contributed by atoms with Crippen LogP contribution in [-0.4, -0.2) is 96.0 Å². The van der Waals surface area contributed by atoms with E-state index in [4.69, 9.17) is 4.99 Å². The lowest BCUT2D eigenvalue weighted by Crippen LogP contribution is -2.65. The summed E-state index contributed by atoms with van der Waals surface area (Å²) in [6.07, 6.45) is 3.99. The van der Waals surface area contributed by atoms with E-state index >= 15 is 0 Å². The fraction of sp³-hybridized carbons (Fsp3) is 0.636. The Kier molecular flexibility index (Phi) is 6.41. The number of carbonyl (C=O) groups excluding carboxylic acids is 2. The molecule has 168 valence electrons. The van der Waals surface area contributed by atoms with E-state index in [1.54, 1.807) is 4.90 Å². The lowest BCUT2D eigenvalue weighted by atomic mass is 10.1. The van der Waals surface area contributed by atoms with Gasteiger partial charge in [0.25, 0.3) is 5.91 Å². The van der Waals surface area contributed by atoms with Crippen LogP contribution in [0.4, 0.5) is 10.6 Å². The van der Waals surface area contributed by atoms with Crippen LogP contribution in [0.3, 0.4) is 0 Å². The number of anilines is 1. The van der Waals surface area contributed by atoms with Gasteiger partial charge in [-0.15, -0.1) is 0 Å². The molecule has 0 radical (unpaired) electrons. The molecule has 3 aliphatic rings. The lowest BCUT2D eigenvalue weighted by Gasteiger charge is -2.40. The molecule has 2 unspecified atom stereocenters. The number of pyridine rings is 1. The highest BCUT2D eigenvalue weighted by Gasteiger charge is 2.49. The number of fused-ring (bicyclic) bond motifs is 1. The van der Waals surface area contributed by atoms with Gasteiger partial charge in [-0.3, -0.25) is 14.6 Å². The third kappa shape index (κ3) is 4.23. The third-order valence-electron chi connectivity index (χ3n) is 6.16. The number of amides is 3. The van der Waals surface area contributed by atoms with Crippen molar-refractivity contribution >= 4 is 23.6 Å². The number of nitrogens with zero attached hydrogens (tertiary/aromatic N) is 6. The highest BCUT2D eigenvalue weighted by atomic mass is 16.2. The predicted octanol–water partition coefficient (Wildman–Crippen LogP) is 1.35. The number of hydrogen-bond donors (Lipinski definition) is 1. The SMILES string of the molecule is CCCN1C(=O)C2NC(c3ccc(N4CCCN(C)CC4)nc3)=NC2N(CCC)C1=O. The molecule has 4 rings (SSSR count). The molecule has 2 atom stereocenters. The van der Waals surface area contributed by atoms with Crippen LogP contribution in [0.15, 0.2) is 23.3 Å². The molecular weight excluding hydrogens is 394 g/mol. The van der Waals surface area contributed by atoms with E-state index in [0.717, 1.165) is 56.8 Å². The third-order valence-corrected chi connectivity index (χ3v) is 6.16. The van der Waals surface area contributed by atoms with Crippen molar-refractivity contribution in [3.8, 4) is 0 Å². The van der Waals surface area contributed by atoms with Crippen molar-refractivity contribution in [2.45, 2.75) is 45.3 Å². The fourth-order valence-corrected chi connectivity index (χ4v) is 4.48. The summed E-state index contributed by atoms with van der Waals surface area (Å²) < 4.78 is 0. The van der Waals surface area contributed by atoms with E-state index in [9.17, 15) is 9.59 Å². The molecule has 9 heteroatoms. The first-order valence-corrected chi connectivity index (χ1v) is 11.4. The van der Waals surface area contributed by atoms with E-state index in [1.165, 1.54) is 4.90 Å². The Labute approximate surface area is 184 Å². The Hall–Kier alpha value is -2.68. The molecule has 0 spiro atoms. The first-order chi connectivity index (χ1) is 15.0. The van der Waals surface area contributed by atoms with Crippen molar-refractivity contribution in [3.63, 3.8) is 0 Å². The quantitative estimate of drug-likeness (QED) is 0.738. The summed E-state index contributed by atoms with van der Waals surface area (Å²) in [5.41, 5.74) is 0.837. The zero-order valence-electron chi connectivity index (χ0n) is 18.8. The van der Waals surface area contributed by atoms with Crippen LogP contribution < -0.4 is 10.2 Å². The van der Waals surface area contributed by atoms with Gasteiger partial charge >= 0.3 is 6.03 Å². The summed E-state index contributed by atoms with van der Waals surface area (Å²) in [7, 11) is 2.15. The van der Waals surface area contributed by atoms with Crippen LogP contribution in [0.5, 0.6) is 0 Å². The molecule has 2 fully saturated rings. The fourth-order valence-electron chi connectivity index (χ4n) is 4.48. The molecule has 31 heavy (non-hydrogen) atoms. The Morgan fingerprint density at radius 3 is 2.58 bits per heavy atom. The summed E-state index contributed by atoms with van der Waals surface area (Å²) >= 11 is 0. The number of urea groups is 1. The minimum atomic E-state index is -0.536. The van der Waals surface area contributed by atoms with E-state index in [-0.39, 0.29) is 11.9 Å². The summed E-state index contributed by atoms with van der Waals surface area (Å²) in [5, 5.41) is 3.28. The first kappa shape index (κ1) is 21.5. The maximum Gasteiger partial charge on any atom is 0.328 e. The molecule has 3 amide bonds. The second-order valence-corrected chi connectivity index (χ2v) is 8.53. The normalized spacial score (nSPS) is 24.7. The summed E-state index contributed by atoms with van der Waals surface area (Å²) in [4.78, 5) is 43.0. The van der Waals surface area contributed by atoms with Crippen LogP contribution in [-0.2, 0) is 4.79 Å². The van der Waals surface area contributed by atoms with Crippen molar-refractivity contribution in [1.29, 1.82) is 0 Å². The maximum atomic E-state index is 13.0. The number of imide groups is 1. The van der Waals surface area contributed by atoms with Crippen molar-refractivity contribution in [2.75, 3.05) is 51.2 Å². The first-order valence-electron chi connectivity index (χ1n) is 11.4. The van der Waals surface area contributed by atoms with E-state index < -0.39 is 12.2 Å². The van der Waals surface area contributed by atoms with Gasteiger partial charge in [-0.2, -0.15) is 0 Å². The van der Waals surface area contributed by atoms with Gasteiger partial charge in [-0.05, 0) is 45.0 Å². The molecule has 1 aromatic heterocycles. The summed E-state index contributed by atoms with van der Waals surface area (Å²) in [6.45, 7) is 9.09. The zero-order valence-corrected chi connectivity index (χ0v) is 18.8. The molecule has 1 aromatic rings. The number of aromatic nitrogens is 1.